The third-order valence-electron chi connectivity index (χ3n) is 3.12. The smallest absolute Gasteiger partial charge is 0.322 e. The Hall–Kier alpha value is -2.31. The summed E-state index contributed by atoms with van der Waals surface area (Å²) in [5.41, 5.74) is 0.471. The molecule has 0 saturated carbocycles. The number of hydrogen-bond donors (Lipinski definition) is 1. The molecule has 3 rings (SSSR count). The van der Waals surface area contributed by atoms with Gasteiger partial charge in [-0.3, -0.25) is 10.1 Å². The highest BCUT2D eigenvalue weighted by Crippen LogP contribution is 2.19. The monoisotopic (exact) mass is 359 g/mol. The zero-order valence-corrected chi connectivity index (χ0v) is 14.2. The Morgan fingerprint density at radius 2 is 1.83 bits per heavy atom. The first-order valence-corrected chi connectivity index (χ1v) is 8.64. The second-order valence-corrected chi connectivity index (χ2v) is 6.48. The van der Waals surface area contributed by atoms with Crippen LogP contribution >= 0.6 is 23.4 Å². The molecule has 3 aromatic rings. The van der Waals surface area contributed by atoms with Gasteiger partial charge in [0.05, 0.1) is 0 Å². The molecule has 0 saturated heterocycles. The minimum atomic E-state index is -0.319. The number of carbonyl (C=O) groups excluding carboxylic acids is 1. The van der Waals surface area contributed by atoms with Gasteiger partial charge in [0.25, 0.3) is 5.91 Å². The minimum Gasteiger partial charge on any atom is -0.408 e. The van der Waals surface area contributed by atoms with E-state index in [4.69, 9.17) is 16.0 Å². The Morgan fingerprint density at radius 1 is 1.08 bits per heavy atom. The normalized spacial score (nSPS) is 10.5. The van der Waals surface area contributed by atoms with Crippen molar-refractivity contribution in [2.24, 2.45) is 0 Å². The molecule has 0 unspecified atom stereocenters. The Balaban J connectivity index is 1.51. The lowest BCUT2D eigenvalue weighted by atomic mass is 10.2. The van der Waals surface area contributed by atoms with Crippen molar-refractivity contribution in [2.75, 3.05) is 11.1 Å². The van der Waals surface area contributed by atoms with E-state index in [1.807, 2.05) is 18.2 Å². The van der Waals surface area contributed by atoms with Crippen molar-refractivity contribution in [1.29, 1.82) is 0 Å². The van der Waals surface area contributed by atoms with Crippen LogP contribution in [0.3, 0.4) is 0 Å². The van der Waals surface area contributed by atoms with Gasteiger partial charge in [-0.2, -0.15) is 0 Å². The fourth-order valence-corrected chi connectivity index (χ4v) is 2.94. The van der Waals surface area contributed by atoms with Crippen LogP contribution in [0.15, 0.2) is 63.9 Å². The standard InChI is InChI=1S/C17H14ClN3O2S/c18-13-8-6-12(7-9-13)16(22)19-17-21-20-15(23-17)10-11-24-14-4-2-1-3-5-14/h1-9H,10-11H2,(H,19,21,22). The SMILES string of the molecule is O=C(Nc1nnc(CCSc2ccccc2)o1)c1ccc(Cl)cc1. The van der Waals surface area contributed by atoms with E-state index in [-0.39, 0.29) is 11.9 Å². The molecule has 0 radical (unpaired) electrons. The van der Waals surface area contributed by atoms with Gasteiger partial charge < -0.3 is 4.42 Å². The van der Waals surface area contributed by atoms with E-state index in [1.165, 1.54) is 4.90 Å². The van der Waals surface area contributed by atoms with Crippen LogP contribution in [0.2, 0.25) is 5.02 Å². The Labute approximate surface area is 148 Å². The van der Waals surface area contributed by atoms with Crippen LogP contribution < -0.4 is 5.32 Å². The minimum absolute atomic E-state index is 0.0923. The number of thioether (sulfide) groups is 1. The largest absolute Gasteiger partial charge is 0.408 e. The second kappa shape index (κ2) is 7.99. The zero-order chi connectivity index (χ0) is 16.8. The van der Waals surface area contributed by atoms with E-state index in [0.717, 1.165) is 5.75 Å². The van der Waals surface area contributed by atoms with Gasteiger partial charge in [0, 0.05) is 27.7 Å². The Kier molecular flexibility index (Phi) is 5.51. The van der Waals surface area contributed by atoms with Crippen molar-refractivity contribution in [1.82, 2.24) is 10.2 Å². The number of rotatable bonds is 6. The number of halogens is 1. The second-order valence-electron chi connectivity index (χ2n) is 4.87. The summed E-state index contributed by atoms with van der Waals surface area (Å²) in [6.07, 6.45) is 0.628. The number of nitrogens with one attached hydrogen (secondary N) is 1. The number of benzene rings is 2. The van der Waals surface area contributed by atoms with Crippen molar-refractivity contribution < 1.29 is 9.21 Å². The molecular weight excluding hydrogens is 346 g/mol. The van der Waals surface area contributed by atoms with Gasteiger partial charge in [-0.05, 0) is 36.4 Å². The van der Waals surface area contributed by atoms with E-state index in [0.29, 0.717) is 22.9 Å². The van der Waals surface area contributed by atoms with Crippen molar-refractivity contribution in [3.8, 4) is 0 Å². The molecule has 0 spiro atoms. The van der Waals surface area contributed by atoms with Crippen molar-refractivity contribution in [2.45, 2.75) is 11.3 Å². The molecule has 1 aromatic heterocycles. The average molecular weight is 360 g/mol. The lowest BCUT2D eigenvalue weighted by Crippen LogP contribution is -2.11. The Morgan fingerprint density at radius 3 is 2.58 bits per heavy atom. The highest BCUT2D eigenvalue weighted by molar-refractivity contribution is 7.99. The van der Waals surface area contributed by atoms with E-state index in [1.54, 1.807) is 36.0 Å². The zero-order valence-electron chi connectivity index (χ0n) is 12.6. The summed E-state index contributed by atoms with van der Waals surface area (Å²) in [6.45, 7) is 0. The highest BCUT2D eigenvalue weighted by Gasteiger charge is 2.11. The van der Waals surface area contributed by atoms with Gasteiger partial charge in [0.15, 0.2) is 0 Å². The fourth-order valence-electron chi connectivity index (χ4n) is 1.95. The first-order valence-electron chi connectivity index (χ1n) is 7.28. The van der Waals surface area contributed by atoms with Crippen molar-refractivity contribution in [3.63, 3.8) is 0 Å². The van der Waals surface area contributed by atoms with E-state index in [9.17, 15) is 4.79 Å². The third-order valence-corrected chi connectivity index (χ3v) is 4.39. The quantitative estimate of drug-likeness (QED) is 0.664. The summed E-state index contributed by atoms with van der Waals surface area (Å²) >= 11 is 7.51. The molecule has 1 N–H and O–H groups in total. The summed E-state index contributed by atoms with van der Waals surface area (Å²) < 4.78 is 5.44. The predicted octanol–water partition coefficient (Wildman–Crippen LogP) is 4.31. The van der Waals surface area contributed by atoms with Crippen LogP contribution in [0.1, 0.15) is 16.2 Å². The molecule has 5 nitrogen and oxygen atoms in total. The van der Waals surface area contributed by atoms with Gasteiger partial charge in [-0.25, -0.2) is 0 Å². The summed E-state index contributed by atoms with van der Waals surface area (Å²) in [6, 6.07) is 16.7. The highest BCUT2D eigenvalue weighted by atomic mass is 35.5. The number of anilines is 1. The van der Waals surface area contributed by atoms with E-state index >= 15 is 0 Å². The maximum absolute atomic E-state index is 12.0. The summed E-state index contributed by atoms with van der Waals surface area (Å²) in [5.74, 6) is 0.988. The molecule has 1 amide bonds. The summed E-state index contributed by atoms with van der Waals surface area (Å²) in [4.78, 5) is 13.2. The summed E-state index contributed by atoms with van der Waals surface area (Å²) in [5, 5.41) is 10.9. The number of aryl methyl sites for hydroxylation is 1. The number of amides is 1. The van der Waals surface area contributed by atoms with Gasteiger partial charge >= 0.3 is 6.01 Å². The van der Waals surface area contributed by atoms with Gasteiger partial charge in [0.2, 0.25) is 5.89 Å². The molecule has 24 heavy (non-hydrogen) atoms. The van der Waals surface area contributed by atoms with Crippen LogP contribution in [0, 0.1) is 0 Å². The number of nitrogens with zero attached hydrogens (tertiary/aromatic N) is 2. The molecule has 0 fully saturated rings. The molecule has 0 aliphatic rings. The van der Waals surface area contributed by atoms with Crippen LogP contribution in [0.4, 0.5) is 6.01 Å². The van der Waals surface area contributed by atoms with Crippen molar-refractivity contribution >= 4 is 35.3 Å². The van der Waals surface area contributed by atoms with Gasteiger partial charge in [-0.1, -0.05) is 34.9 Å². The van der Waals surface area contributed by atoms with Gasteiger partial charge in [-0.15, -0.1) is 16.9 Å². The summed E-state index contributed by atoms with van der Waals surface area (Å²) in [7, 11) is 0. The molecule has 0 aliphatic carbocycles. The van der Waals surface area contributed by atoms with Crippen molar-refractivity contribution in [3.05, 3.63) is 71.1 Å². The van der Waals surface area contributed by atoms with E-state index in [2.05, 4.69) is 27.6 Å². The van der Waals surface area contributed by atoms with Crippen LogP contribution in [0.25, 0.3) is 0 Å². The topological polar surface area (TPSA) is 68.0 Å². The van der Waals surface area contributed by atoms with Crippen LogP contribution in [0.5, 0.6) is 0 Å². The number of aromatic nitrogens is 2. The fraction of sp³-hybridized carbons (Fsp3) is 0.118. The number of hydrogen-bond acceptors (Lipinski definition) is 5. The molecular formula is C17H14ClN3O2S. The lowest BCUT2D eigenvalue weighted by Gasteiger charge is -2.00. The molecule has 2 aromatic carbocycles. The molecule has 0 aliphatic heterocycles. The molecule has 122 valence electrons. The lowest BCUT2D eigenvalue weighted by molar-refractivity contribution is 0.102. The first-order chi connectivity index (χ1) is 11.7. The van der Waals surface area contributed by atoms with Gasteiger partial charge in [0.1, 0.15) is 0 Å². The third kappa shape index (κ3) is 4.59. The first kappa shape index (κ1) is 16.5. The van der Waals surface area contributed by atoms with Crippen LogP contribution in [-0.2, 0) is 6.42 Å². The Bertz CT molecular complexity index is 806. The maximum Gasteiger partial charge on any atom is 0.322 e. The number of carbonyl (C=O) groups is 1. The molecule has 0 atom stereocenters. The van der Waals surface area contributed by atoms with Crippen LogP contribution in [-0.4, -0.2) is 21.9 Å². The molecule has 7 heteroatoms. The average Bonchev–Trinajstić information content (AvgIpc) is 3.04. The molecule has 0 bridgehead atoms. The predicted molar refractivity (Wildman–Crippen MR) is 94.6 cm³/mol. The maximum atomic E-state index is 12.0. The van der Waals surface area contributed by atoms with E-state index < -0.39 is 0 Å². The molecule has 1 heterocycles.